The van der Waals surface area contributed by atoms with Crippen LogP contribution in [0, 0.1) is 10.1 Å². The third-order valence-electron chi connectivity index (χ3n) is 5.25. The highest BCUT2D eigenvalue weighted by atomic mass is 35.5. The first-order valence-corrected chi connectivity index (χ1v) is 11.3. The Kier molecular flexibility index (Phi) is 9.51. The SMILES string of the molecule is CCOC(=O)C1=C(C)N(C)C(SC2=NCCN2)=C(C(=O)OCC)C1c1cccc([N+](=O)[O-])c1.Cl. The second kappa shape index (κ2) is 11.9. The van der Waals surface area contributed by atoms with Crippen LogP contribution < -0.4 is 5.32 Å². The third-order valence-corrected chi connectivity index (χ3v) is 6.40. The average Bonchev–Trinajstić information content (AvgIpc) is 3.30. The zero-order chi connectivity index (χ0) is 24.1. The second-order valence-electron chi connectivity index (χ2n) is 7.22. The van der Waals surface area contributed by atoms with E-state index in [-0.39, 0.29) is 42.5 Å². The molecule has 1 unspecified atom stereocenters. The number of ether oxygens (including phenoxy) is 2. The van der Waals surface area contributed by atoms with Crippen LogP contribution in [0.15, 0.2) is 51.1 Å². The molecule has 0 spiro atoms. The number of nitro benzene ring substituents is 1. The van der Waals surface area contributed by atoms with Gasteiger partial charge in [0.2, 0.25) is 0 Å². The Hall–Kier alpha value is -3.05. The van der Waals surface area contributed by atoms with E-state index in [1.165, 1.54) is 30.0 Å². The minimum atomic E-state index is -0.913. The summed E-state index contributed by atoms with van der Waals surface area (Å²) in [5.74, 6) is -2.12. The minimum Gasteiger partial charge on any atom is -0.463 e. The smallest absolute Gasteiger partial charge is 0.337 e. The van der Waals surface area contributed by atoms with Gasteiger partial charge in [-0.1, -0.05) is 12.1 Å². The standard InChI is InChI=1S/C22H26N4O6S.ClH/c1-5-31-20(27)16-13(3)25(4)19(33-22-23-10-11-24-22)18(21(28)32-6-2)17(16)14-8-7-9-15(12-14)26(29)30;/h7-9,12,17H,5-6,10-11H2,1-4H3,(H,23,24);1H. The number of hydrogen-bond donors (Lipinski definition) is 1. The van der Waals surface area contributed by atoms with Crippen molar-refractivity contribution in [3.8, 4) is 0 Å². The molecule has 0 aromatic heterocycles. The van der Waals surface area contributed by atoms with Crippen LogP contribution in [0.2, 0.25) is 0 Å². The van der Waals surface area contributed by atoms with Gasteiger partial charge in [-0.3, -0.25) is 15.1 Å². The molecule has 1 N–H and O–H groups in total. The molecule has 0 radical (unpaired) electrons. The summed E-state index contributed by atoms with van der Waals surface area (Å²) in [7, 11) is 1.75. The summed E-state index contributed by atoms with van der Waals surface area (Å²) < 4.78 is 10.7. The van der Waals surface area contributed by atoms with Gasteiger partial charge in [0, 0.05) is 31.4 Å². The fraction of sp³-hybridized carbons (Fsp3) is 0.409. The van der Waals surface area contributed by atoms with Crippen molar-refractivity contribution in [2.75, 3.05) is 33.4 Å². The number of amidine groups is 1. The Bertz CT molecular complexity index is 1070. The van der Waals surface area contributed by atoms with Crippen molar-refractivity contribution in [1.82, 2.24) is 10.2 Å². The third kappa shape index (κ3) is 5.53. The Labute approximate surface area is 208 Å². The molecule has 0 aliphatic carbocycles. The first kappa shape index (κ1) is 27.2. The Morgan fingerprint density at radius 1 is 1.24 bits per heavy atom. The zero-order valence-electron chi connectivity index (χ0n) is 19.3. The van der Waals surface area contributed by atoms with Crippen LogP contribution in [0.5, 0.6) is 0 Å². The summed E-state index contributed by atoms with van der Waals surface area (Å²) in [5, 5.41) is 15.8. The lowest BCUT2D eigenvalue weighted by Gasteiger charge is -2.36. The molecular weight excluding hydrogens is 484 g/mol. The molecule has 1 atom stereocenters. The number of thioether (sulfide) groups is 1. The molecule has 0 amide bonds. The number of aliphatic imine (C=N–C) groups is 1. The number of esters is 2. The van der Waals surface area contributed by atoms with Crippen molar-refractivity contribution in [2.45, 2.75) is 26.7 Å². The Balaban J connectivity index is 0.00000408. The van der Waals surface area contributed by atoms with Gasteiger partial charge in [0.1, 0.15) is 0 Å². The van der Waals surface area contributed by atoms with Crippen LogP contribution in [0.3, 0.4) is 0 Å². The van der Waals surface area contributed by atoms with E-state index in [9.17, 15) is 19.7 Å². The van der Waals surface area contributed by atoms with Crippen molar-refractivity contribution in [3.05, 3.63) is 61.8 Å². The number of nitro groups is 1. The molecule has 2 aliphatic heterocycles. The predicted molar refractivity (Wildman–Crippen MR) is 132 cm³/mol. The zero-order valence-corrected chi connectivity index (χ0v) is 21.0. The average molecular weight is 511 g/mol. The number of non-ortho nitro benzene ring substituents is 1. The Morgan fingerprint density at radius 2 is 1.88 bits per heavy atom. The van der Waals surface area contributed by atoms with Crippen molar-refractivity contribution in [3.63, 3.8) is 0 Å². The lowest BCUT2D eigenvalue weighted by atomic mass is 9.81. The summed E-state index contributed by atoms with van der Waals surface area (Å²) in [6.07, 6.45) is 0. The maximum atomic E-state index is 13.3. The monoisotopic (exact) mass is 510 g/mol. The molecular formula is C22H27ClN4O6S. The van der Waals surface area contributed by atoms with E-state index in [0.29, 0.717) is 34.5 Å². The van der Waals surface area contributed by atoms with Crippen LogP contribution in [-0.2, 0) is 19.1 Å². The van der Waals surface area contributed by atoms with Crippen molar-refractivity contribution >= 4 is 47.0 Å². The number of nitrogens with zero attached hydrogens (tertiary/aromatic N) is 3. The van der Waals surface area contributed by atoms with Crippen LogP contribution in [0.25, 0.3) is 0 Å². The van der Waals surface area contributed by atoms with E-state index in [1.807, 2.05) is 0 Å². The molecule has 0 fully saturated rings. The van der Waals surface area contributed by atoms with Crippen LogP contribution >= 0.6 is 24.2 Å². The highest BCUT2D eigenvalue weighted by Gasteiger charge is 2.42. The maximum Gasteiger partial charge on any atom is 0.337 e. The molecule has 0 saturated heterocycles. The highest BCUT2D eigenvalue weighted by molar-refractivity contribution is 8.17. The molecule has 0 bridgehead atoms. The molecule has 3 rings (SSSR count). The van der Waals surface area contributed by atoms with Gasteiger partial charge in [0.15, 0.2) is 5.17 Å². The number of allylic oxidation sites excluding steroid dienone is 1. The minimum absolute atomic E-state index is 0. The number of benzene rings is 1. The van der Waals surface area contributed by atoms with Gasteiger partial charge in [-0.2, -0.15) is 0 Å². The number of rotatable bonds is 7. The van der Waals surface area contributed by atoms with E-state index < -0.39 is 22.8 Å². The summed E-state index contributed by atoms with van der Waals surface area (Å²) in [4.78, 5) is 43.4. The first-order valence-electron chi connectivity index (χ1n) is 10.5. The summed E-state index contributed by atoms with van der Waals surface area (Å²) >= 11 is 1.26. The van der Waals surface area contributed by atoms with Gasteiger partial charge < -0.3 is 19.7 Å². The first-order chi connectivity index (χ1) is 15.8. The topological polar surface area (TPSA) is 123 Å². The molecule has 10 nitrogen and oxygen atoms in total. The molecule has 12 heteroatoms. The summed E-state index contributed by atoms with van der Waals surface area (Å²) in [5.41, 5.74) is 1.27. The molecule has 2 heterocycles. The van der Waals surface area contributed by atoms with E-state index in [2.05, 4.69) is 10.3 Å². The fourth-order valence-electron chi connectivity index (χ4n) is 3.69. The van der Waals surface area contributed by atoms with Gasteiger partial charge in [0.05, 0.1) is 46.8 Å². The lowest BCUT2D eigenvalue weighted by Crippen LogP contribution is -2.34. The summed E-state index contributed by atoms with van der Waals surface area (Å²) in [6.45, 7) is 6.70. The van der Waals surface area contributed by atoms with Gasteiger partial charge in [-0.05, 0) is 38.1 Å². The van der Waals surface area contributed by atoms with E-state index in [1.54, 1.807) is 38.8 Å². The molecule has 0 saturated carbocycles. The number of carbonyl (C=O) groups excluding carboxylic acids is 2. The van der Waals surface area contributed by atoms with Crippen LogP contribution in [0.4, 0.5) is 5.69 Å². The van der Waals surface area contributed by atoms with Crippen molar-refractivity contribution < 1.29 is 24.0 Å². The van der Waals surface area contributed by atoms with Crippen molar-refractivity contribution in [1.29, 1.82) is 0 Å². The highest BCUT2D eigenvalue weighted by Crippen LogP contribution is 2.46. The second-order valence-corrected chi connectivity index (χ2v) is 8.20. The molecule has 1 aromatic rings. The molecule has 34 heavy (non-hydrogen) atoms. The molecule has 2 aliphatic rings. The van der Waals surface area contributed by atoms with Gasteiger partial charge >= 0.3 is 11.9 Å². The predicted octanol–water partition coefficient (Wildman–Crippen LogP) is 3.35. The van der Waals surface area contributed by atoms with Crippen molar-refractivity contribution in [2.24, 2.45) is 4.99 Å². The Morgan fingerprint density at radius 3 is 2.44 bits per heavy atom. The van der Waals surface area contributed by atoms with Crippen LogP contribution in [-0.4, -0.2) is 60.3 Å². The van der Waals surface area contributed by atoms with Gasteiger partial charge in [0.25, 0.3) is 5.69 Å². The lowest BCUT2D eigenvalue weighted by molar-refractivity contribution is -0.384. The quantitative estimate of drug-likeness (QED) is 0.334. The van der Waals surface area contributed by atoms with Crippen LogP contribution in [0.1, 0.15) is 32.3 Å². The largest absolute Gasteiger partial charge is 0.463 e. The normalized spacial score (nSPS) is 17.6. The number of halogens is 1. The number of hydrogen-bond acceptors (Lipinski definition) is 10. The van der Waals surface area contributed by atoms with E-state index in [0.717, 1.165) is 0 Å². The number of carbonyl (C=O) groups is 2. The fourth-order valence-corrected chi connectivity index (χ4v) is 4.79. The van der Waals surface area contributed by atoms with Gasteiger partial charge in [-0.25, -0.2) is 9.59 Å². The summed E-state index contributed by atoms with van der Waals surface area (Å²) in [6, 6.07) is 5.92. The number of nitrogens with one attached hydrogen (secondary N) is 1. The molecule has 1 aromatic carbocycles. The van der Waals surface area contributed by atoms with Gasteiger partial charge in [-0.15, -0.1) is 12.4 Å². The van der Waals surface area contributed by atoms with E-state index in [4.69, 9.17) is 9.47 Å². The maximum absolute atomic E-state index is 13.3. The molecule has 184 valence electrons. The van der Waals surface area contributed by atoms with E-state index >= 15 is 0 Å².